The molecule has 88 valence electrons. The lowest BCUT2D eigenvalue weighted by molar-refractivity contribution is 0.345. The highest BCUT2D eigenvalue weighted by Crippen LogP contribution is 2.24. The van der Waals surface area contributed by atoms with Crippen molar-refractivity contribution in [1.82, 2.24) is 15.5 Å². The molecule has 2 aromatic rings. The van der Waals surface area contributed by atoms with E-state index in [1.807, 2.05) is 24.3 Å². The van der Waals surface area contributed by atoms with Gasteiger partial charge in [-0.2, -0.15) is 4.98 Å². The fraction of sp³-hybridized carbons (Fsp3) is 0.333. The summed E-state index contributed by atoms with van der Waals surface area (Å²) >= 11 is 3.40. The van der Waals surface area contributed by atoms with Gasteiger partial charge in [0.25, 0.3) is 0 Å². The van der Waals surface area contributed by atoms with Crippen LogP contribution in [0.1, 0.15) is 24.8 Å². The van der Waals surface area contributed by atoms with Crippen LogP contribution in [0.25, 0.3) is 11.4 Å². The molecule has 1 fully saturated rings. The maximum absolute atomic E-state index is 5.30. The Hall–Kier alpha value is -1.20. The summed E-state index contributed by atoms with van der Waals surface area (Å²) in [5.74, 6) is 1.35. The third-order valence-electron chi connectivity index (χ3n) is 2.90. The van der Waals surface area contributed by atoms with E-state index in [2.05, 4.69) is 31.4 Å². The molecule has 0 radical (unpaired) electrons. The summed E-state index contributed by atoms with van der Waals surface area (Å²) in [5, 5.41) is 7.36. The Kier molecular flexibility index (Phi) is 2.94. The van der Waals surface area contributed by atoms with Gasteiger partial charge in [-0.3, -0.25) is 0 Å². The first kappa shape index (κ1) is 10.9. The second-order valence-corrected chi connectivity index (χ2v) is 5.03. The van der Waals surface area contributed by atoms with Crippen LogP contribution < -0.4 is 5.32 Å². The predicted octanol–water partition coefficient (Wildman–Crippen LogP) is 2.92. The average molecular weight is 294 g/mol. The number of hydrogen-bond donors (Lipinski definition) is 1. The SMILES string of the molecule is Brc1ccc(-c2noc([C@H]3CCCN3)n2)cc1. The maximum atomic E-state index is 5.30. The summed E-state index contributed by atoms with van der Waals surface area (Å²) in [4.78, 5) is 4.44. The highest BCUT2D eigenvalue weighted by molar-refractivity contribution is 9.10. The van der Waals surface area contributed by atoms with Crippen molar-refractivity contribution in [3.63, 3.8) is 0 Å². The Morgan fingerprint density at radius 3 is 2.82 bits per heavy atom. The lowest BCUT2D eigenvalue weighted by Crippen LogP contribution is -2.12. The van der Waals surface area contributed by atoms with Crippen molar-refractivity contribution < 1.29 is 4.52 Å². The van der Waals surface area contributed by atoms with Gasteiger partial charge in [-0.25, -0.2) is 0 Å². The summed E-state index contributed by atoms with van der Waals surface area (Å²) in [7, 11) is 0. The molecule has 5 heteroatoms. The van der Waals surface area contributed by atoms with Crippen molar-refractivity contribution in [2.75, 3.05) is 6.54 Å². The van der Waals surface area contributed by atoms with Crippen LogP contribution >= 0.6 is 15.9 Å². The van der Waals surface area contributed by atoms with Gasteiger partial charge in [-0.05, 0) is 43.7 Å². The largest absolute Gasteiger partial charge is 0.337 e. The van der Waals surface area contributed by atoms with Crippen LogP contribution in [0, 0.1) is 0 Å². The first-order chi connectivity index (χ1) is 8.33. The topological polar surface area (TPSA) is 51.0 Å². The molecule has 0 aliphatic carbocycles. The highest BCUT2D eigenvalue weighted by Gasteiger charge is 2.22. The van der Waals surface area contributed by atoms with Crippen molar-refractivity contribution in [2.45, 2.75) is 18.9 Å². The van der Waals surface area contributed by atoms with Gasteiger partial charge in [0, 0.05) is 10.0 Å². The van der Waals surface area contributed by atoms with E-state index in [-0.39, 0.29) is 6.04 Å². The number of nitrogens with zero attached hydrogens (tertiary/aromatic N) is 2. The molecule has 1 aliphatic rings. The molecule has 0 amide bonds. The van der Waals surface area contributed by atoms with Crippen LogP contribution in [0.15, 0.2) is 33.3 Å². The second-order valence-electron chi connectivity index (χ2n) is 4.11. The van der Waals surface area contributed by atoms with E-state index in [0.29, 0.717) is 11.7 Å². The lowest BCUT2D eigenvalue weighted by atomic mass is 10.2. The monoisotopic (exact) mass is 293 g/mol. The molecule has 4 nitrogen and oxygen atoms in total. The second kappa shape index (κ2) is 4.58. The molecular formula is C12H12BrN3O. The smallest absolute Gasteiger partial charge is 0.244 e. The molecule has 0 spiro atoms. The molecule has 0 bridgehead atoms. The summed E-state index contributed by atoms with van der Waals surface area (Å²) in [6.07, 6.45) is 2.24. The molecule has 0 unspecified atom stereocenters. The molecule has 3 rings (SSSR count). The predicted molar refractivity (Wildman–Crippen MR) is 67.4 cm³/mol. The Balaban J connectivity index is 1.86. The van der Waals surface area contributed by atoms with Crippen LogP contribution in [0.4, 0.5) is 0 Å². The molecule has 1 aliphatic heterocycles. The van der Waals surface area contributed by atoms with Crippen LogP contribution in [0.2, 0.25) is 0 Å². The van der Waals surface area contributed by atoms with Crippen molar-refractivity contribution in [2.24, 2.45) is 0 Å². The first-order valence-electron chi connectivity index (χ1n) is 5.66. The molecule has 0 saturated carbocycles. The van der Waals surface area contributed by atoms with Gasteiger partial charge >= 0.3 is 0 Å². The number of rotatable bonds is 2. The van der Waals surface area contributed by atoms with E-state index in [0.717, 1.165) is 23.0 Å². The van der Waals surface area contributed by atoms with Gasteiger partial charge in [0.05, 0.1) is 6.04 Å². The zero-order chi connectivity index (χ0) is 11.7. The van der Waals surface area contributed by atoms with Crippen molar-refractivity contribution in [3.8, 4) is 11.4 Å². The molecule has 1 atom stereocenters. The zero-order valence-corrected chi connectivity index (χ0v) is 10.8. The lowest BCUT2D eigenvalue weighted by Gasteiger charge is -2.01. The number of nitrogens with one attached hydrogen (secondary N) is 1. The fourth-order valence-corrected chi connectivity index (χ4v) is 2.25. The number of aromatic nitrogens is 2. The summed E-state index contributed by atoms with van der Waals surface area (Å²) in [6.45, 7) is 1.03. The van der Waals surface area contributed by atoms with Crippen LogP contribution in [-0.4, -0.2) is 16.7 Å². The average Bonchev–Trinajstić information content (AvgIpc) is 3.00. The standard InChI is InChI=1S/C12H12BrN3O/c13-9-5-3-8(4-6-9)11-15-12(17-16-11)10-2-1-7-14-10/h3-6,10,14H,1-2,7H2/t10-/m1/s1. The Labute approximate surface area is 108 Å². The van der Waals surface area contributed by atoms with E-state index >= 15 is 0 Å². The Morgan fingerprint density at radius 2 is 2.12 bits per heavy atom. The Morgan fingerprint density at radius 1 is 1.29 bits per heavy atom. The minimum absolute atomic E-state index is 0.228. The zero-order valence-electron chi connectivity index (χ0n) is 9.19. The first-order valence-corrected chi connectivity index (χ1v) is 6.45. The van der Waals surface area contributed by atoms with Gasteiger partial charge in [0.15, 0.2) is 0 Å². The minimum atomic E-state index is 0.228. The van der Waals surface area contributed by atoms with Crippen LogP contribution in [-0.2, 0) is 0 Å². The van der Waals surface area contributed by atoms with Gasteiger partial charge in [-0.1, -0.05) is 21.1 Å². The minimum Gasteiger partial charge on any atom is -0.337 e. The maximum Gasteiger partial charge on any atom is 0.244 e. The molecule has 1 aromatic carbocycles. The molecule has 1 N–H and O–H groups in total. The fourth-order valence-electron chi connectivity index (χ4n) is 1.99. The van der Waals surface area contributed by atoms with Gasteiger partial charge in [0.1, 0.15) is 0 Å². The number of halogens is 1. The summed E-state index contributed by atoms with van der Waals surface area (Å²) < 4.78 is 6.34. The van der Waals surface area contributed by atoms with E-state index in [1.54, 1.807) is 0 Å². The van der Waals surface area contributed by atoms with Gasteiger partial charge in [-0.15, -0.1) is 0 Å². The number of hydrogen-bond acceptors (Lipinski definition) is 4. The van der Waals surface area contributed by atoms with Gasteiger partial charge < -0.3 is 9.84 Å². The molecule has 1 saturated heterocycles. The third-order valence-corrected chi connectivity index (χ3v) is 3.43. The van der Waals surface area contributed by atoms with E-state index in [9.17, 15) is 0 Å². The van der Waals surface area contributed by atoms with E-state index < -0.39 is 0 Å². The summed E-state index contributed by atoms with van der Waals surface area (Å²) in [6, 6.07) is 8.12. The number of benzene rings is 1. The van der Waals surface area contributed by atoms with Crippen molar-refractivity contribution in [3.05, 3.63) is 34.6 Å². The molecular weight excluding hydrogens is 282 g/mol. The van der Waals surface area contributed by atoms with Gasteiger partial charge in [0.2, 0.25) is 11.7 Å². The van der Waals surface area contributed by atoms with Crippen LogP contribution in [0.3, 0.4) is 0 Å². The van der Waals surface area contributed by atoms with Crippen molar-refractivity contribution >= 4 is 15.9 Å². The third kappa shape index (κ3) is 2.25. The van der Waals surface area contributed by atoms with Crippen molar-refractivity contribution in [1.29, 1.82) is 0 Å². The molecule has 1 aromatic heterocycles. The quantitative estimate of drug-likeness (QED) is 0.925. The van der Waals surface area contributed by atoms with Crippen LogP contribution in [0.5, 0.6) is 0 Å². The highest BCUT2D eigenvalue weighted by atomic mass is 79.9. The normalized spacial score (nSPS) is 19.7. The van der Waals surface area contributed by atoms with E-state index in [1.165, 1.54) is 6.42 Å². The molecule has 17 heavy (non-hydrogen) atoms. The summed E-state index contributed by atoms with van der Waals surface area (Å²) in [5.41, 5.74) is 0.973. The van der Waals surface area contributed by atoms with E-state index in [4.69, 9.17) is 4.52 Å². The molecule has 2 heterocycles. The Bertz CT molecular complexity index is 503.